The maximum absolute atomic E-state index is 13.6. The van der Waals surface area contributed by atoms with Gasteiger partial charge in [0, 0.05) is 17.8 Å². The van der Waals surface area contributed by atoms with Crippen molar-refractivity contribution in [3.05, 3.63) is 23.5 Å². The summed E-state index contributed by atoms with van der Waals surface area (Å²) >= 11 is 0. The lowest BCUT2D eigenvalue weighted by Gasteiger charge is -2.41. The molecule has 0 aromatic heterocycles. The topological polar surface area (TPSA) is 72.2 Å². The van der Waals surface area contributed by atoms with Crippen LogP contribution in [0.5, 0.6) is 0 Å². The number of nitrogens with two attached hydrogens (primary N) is 1. The molecular formula is C14H21FN2O2S. The van der Waals surface area contributed by atoms with Gasteiger partial charge in [-0.1, -0.05) is 13.3 Å². The molecule has 0 saturated heterocycles. The fourth-order valence-electron chi connectivity index (χ4n) is 2.49. The lowest BCUT2D eigenvalue weighted by Crippen LogP contribution is -2.41. The zero-order valence-electron chi connectivity index (χ0n) is 11.9. The van der Waals surface area contributed by atoms with Crippen LogP contribution < -0.4 is 10.5 Å². The Balaban J connectivity index is 2.18. The number of nitrogen functional groups attached to an aromatic ring is 1. The summed E-state index contributed by atoms with van der Waals surface area (Å²) in [6.45, 7) is 3.99. The molecule has 2 rings (SSSR count). The average Bonchev–Trinajstić information content (AvgIpc) is 2.34. The van der Waals surface area contributed by atoms with Crippen molar-refractivity contribution in [3.8, 4) is 0 Å². The van der Waals surface area contributed by atoms with E-state index in [4.69, 9.17) is 5.73 Å². The molecule has 0 bridgehead atoms. The SMILES string of the molecule is CCC1(CNS(=O)(=O)c2cc(N)c(C)c(F)c2)CCC1. The van der Waals surface area contributed by atoms with Crippen LogP contribution in [0.3, 0.4) is 0 Å². The summed E-state index contributed by atoms with van der Waals surface area (Å²) < 4.78 is 40.6. The molecule has 4 nitrogen and oxygen atoms in total. The minimum atomic E-state index is -3.71. The van der Waals surface area contributed by atoms with Gasteiger partial charge in [-0.25, -0.2) is 17.5 Å². The fraction of sp³-hybridized carbons (Fsp3) is 0.571. The van der Waals surface area contributed by atoms with E-state index in [1.165, 1.54) is 13.0 Å². The second-order valence-corrected chi connectivity index (χ2v) is 7.42. The third-order valence-electron chi connectivity index (χ3n) is 4.47. The van der Waals surface area contributed by atoms with Crippen LogP contribution in [0, 0.1) is 18.2 Å². The molecule has 0 aliphatic heterocycles. The standard InChI is InChI=1S/C14H21FN2O2S/c1-3-14(5-4-6-14)9-17-20(18,19)11-7-12(15)10(2)13(16)8-11/h7-8,17H,3-6,9,16H2,1-2H3. The summed E-state index contributed by atoms with van der Waals surface area (Å²) in [5.74, 6) is -0.598. The highest BCUT2D eigenvalue weighted by molar-refractivity contribution is 7.89. The number of rotatable bonds is 5. The first-order chi connectivity index (χ1) is 9.30. The number of halogens is 1. The third-order valence-corrected chi connectivity index (χ3v) is 5.85. The zero-order valence-corrected chi connectivity index (χ0v) is 12.7. The van der Waals surface area contributed by atoms with E-state index in [1.54, 1.807) is 0 Å². The van der Waals surface area contributed by atoms with Crippen LogP contribution in [-0.2, 0) is 10.0 Å². The highest BCUT2D eigenvalue weighted by atomic mass is 32.2. The van der Waals surface area contributed by atoms with E-state index in [0.29, 0.717) is 6.54 Å². The predicted molar refractivity (Wildman–Crippen MR) is 77.3 cm³/mol. The molecule has 1 aliphatic rings. The van der Waals surface area contributed by atoms with Crippen LogP contribution in [0.15, 0.2) is 17.0 Å². The van der Waals surface area contributed by atoms with Crippen LogP contribution in [0.2, 0.25) is 0 Å². The molecule has 1 saturated carbocycles. The van der Waals surface area contributed by atoms with Gasteiger partial charge in [0.1, 0.15) is 5.82 Å². The maximum Gasteiger partial charge on any atom is 0.240 e. The molecule has 3 N–H and O–H groups in total. The van der Waals surface area contributed by atoms with Crippen molar-refractivity contribution in [3.63, 3.8) is 0 Å². The minimum Gasteiger partial charge on any atom is -0.398 e. The van der Waals surface area contributed by atoms with Crippen molar-refractivity contribution in [1.82, 2.24) is 4.72 Å². The Morgan fingerprint density at radius 1 is 1.40 bits per heavy atom. The summed E-state index contributed by atoms with van der Waals surface area (Å²) in [6, 6.07) is 2.33. The molecule has 1 aromatic rings. The monoisotopic (exact) mass is 300 g/mol. The second kappa shape index (κ2) is 5.33. The lowest BCUT2D eigenvalue weighted by molar-refractivity contribution is 0.133. The Bertz CT molecular complexity index is 581. The quantitative estimate of drug-likeness (QED) is 0.821. The van der Waals surface area contributed by atoms with Crippen molar-refractivity contribution >= 4 is 15.7 Å². The molecule has 1 fully saturated rings. The van der Waals surface area contributed by atoms with Crippen LogP contribution in [0.25, 0.3) is 0 Å². The number of hydrogen-bond donors (Lipinski definition) is 2. The van der Waals surface area contributed by atoms with Gasteiger partial charge in [0.25, 0.3) is 0 Å². The van der Waals surface area contributed by atoms with E-state index in [1.807, 2.05) is 0 Å². The molecule has 112 valence electrons. The van der Waals surface area contributed by atoms with E-state index in [-0.39, 0.29) is 21.6 Å². The molecule has 0 spiro atoms. The van der Waals surface area contributed by atoms with E-state index in [2.05, 4.69) is 11.6 Å². The maximum atomic E-state index is 13.6. The smallest absolute Gasteiger partial charge is 0.240 e. The summed E-state index contributed by atoms with van der Waals surface area (Å²) in [7, 11) is -3.71. The molecular weight excluding hydrogens is 279 g/mol. The summed E-state index contributed by atoms with van der Waals surface area (Å²) in [4.78, 5) is -0.108. The molecule has 0 heterocycles. The number of hydrogen-bond acceptors (Lipinski definition) is 3. The molecule has 20 heavy (non-hydrogen) atoms. The van der Waals surface area contributed by atoms with Crippen molar-refractivity contribution in [2.45, 2.75) is 44.4 Å². The number of sulfonamides is 1. The molecule has 0 unspecified atom stereocenters. The highest BCUT2D eigenvalue weighted by Gasteiger charge is 2.36. The zero-order chi connectivity index (χ0) is 15.0. The van der Waals surface area contributed by atoms with Crippen LogP contribution >= 0.6 is 0 Å². The molecule has 0 radical (unpaired) electrons. The fourth-order valence-corrected chi connectivity index (χ4v) is 3.70. The number of benzene rings is 1. The Morgan fingerprint density at radius 2 is 2.05 bits per heavy atom. The number of nitrogens with one attached hydrogen (secondary N) is 1. The van der Waals surface area contributed by atoms with Crippen molar-refractivity contribution < 1.29 is 12.8 Å². The molecule has 0 amide bonds. The summed E-state index contributed by atoms with van der Waals surface area (Å²) in [5.41, 5.74) is 6.13. The van der Waals surface area contributed by atoms with Gasteiger partial charge in [-0.05, 0) is 43.7 Å². The van der Waals surface area contributed by atoms with Gasteiger partial charge in [0.15, 0.2) is 0 Å². The minimum absolute atomic E-state index is 0.0713. The van der Waals surface area contributed by atoms with Gasteiger partial charge in [-0.2, -0.15) is 0 Å². The van der Waals surface area contributed by atoms with Crippen LogP contribution in [0.4, 0.5) is 10.1 Å². The van der Waals surface area contributed by atoms with Gasteiger partial charge in [0.05, 0.1) is 4.90 Å². The van der Waals surface area contributed by atoms with E-state index in [0.717, 1.165) is 31.7 Å². The third kappa shape index (κ3) is 2.81. The predicted octanol–water partition coefficient (Wildman–Crippen LogP) is 2.57. The van der Waals surface area contributed by atoms with Gasteiger partial charge in [-0.3, -0.25) is 0 Å². The number of anilines is 1. The Hall–Kier alpha value is -1.14. The Kier molecular flexibility index (Phi) is 4.07. The first-order valence-electron chi connectivity index (χ1n) is 6.85. The summed E-state index contributed by atoms with van der Waals surface area (Å²) in [5, 5.41) is 0. The summed E-state index contributed by atoms with van der Waals surface area (Å²) in [6.07, 6.45) is 4.16. The first-order valence-corrected chi connectivity index (χ1v) is 8.33. The molecule has 1 aliphatic carbocycles. The normalized spacial score (nSPS) is 17.8. The van der Waals surface area contributed by atoms with Gasteiger partial charge in [-0.15, -0.1) is 0 Å². The van der Waals surface area contributed by atoms with Crippen molar-refractivity contribution in [2.75, 3.05) is 12.3 Å². The molecule has 1 aromatic carbocycles. The van der Waals surface area contributed by atoms with Crippen LogP contribution in [-0.4, -0.2) is 15.0 Å². The van der Waals surface area contributed by atoms with Crippen LogP contribution in [0.1, 0.15) is 38.2 Å². The Morgan fingerprint density at radius 3 is 2.50 bits per heavy atom. The van der Waals surface area contributed by atoms with Crippen molar-refractivity contribution in [2.24, 2.45) is 5.41 Å². The van der Waals surface area contributed by atoms with Crippen molar-refractivity contribution in [1.29, 1.82) is 0 Å². The molecule has 6 heteroatoms. The average molecular weight is 300 g/mol. The highest BCUT2D eigenvalue weighted by Crippen LogP contribution is 2.43. The lowest BCUT2D eigenvalue weighted by atomic mass is 9.67. The van der Waals surface area contributed by atoms with E-state index >= 15 is 0 Å². The Labute approximate surface area is 119 Å². The van der Waals surface area contributed by atoms with Gasteiger partial charge < -0.3 is 5.73 Å². The van der Waals surface area contributed by atoms with Gasteiger partial charge >= 0.3 is 0 Å². The second-order valence-electron chi connectivity index (χ2n) is 5.65. The largest absolute Gasteiger partial charge is 0.398 e. The van der Waals surface area contributed by atoms with Gasteiger partial charge in [0.2, 0.25) is 10.0 Å². The van der Waals surface area contributed by atoms with E-state index < -0.39 is 15.8 Å². The first kappa shape index (κ1) is 15.3. The van der Waals surface area contributed by atoms with E-state index in [9.17, 15) is 12.8 Å². The molecule has 0 atom stereocenters.